The third-order valence-electron chi connectivity index (χ3n) is 3.25. The summed E-state index contributed by atoms with van der Waals surface area (Å²) in [5.41, 5.74) is 8.10. The van der Waals surface area contributed by atoms with E-state index in [0.29, 0.717) is 18.1 Å². The molecule has 2 aromatic rings. The lowest BCUT2D eigenvalue weighted by molar-refractivity contribution is 0.286. The van der Waals surface area contributed by atoms with Gasteiger partial charge in [-0.2, -0.15) is 4.98 Å². The van der Waals surface area contributed by atoms with Gasteiger partial charge < -0.3 is 10.3 Å². The van der Waals surface area contributed by atoms with Crippen LogP contribution in [0, 0.1) is 12.3 Å². The minimum Gasteiger partial charge on any atom is -0.339 e. The van der Waals surface area contributed by atoms with Crippen LogP contribution in [0.25, 0.3) is 11.4 Å². The summed E-state index contributed by atoms with van der Waals surface area (Å²) in [6.07, 6.45) is 4.07. The second-order valence-corrected chi connectivity index (χ2v) is 5.88. The molecule has 0 aliphatic carbocycles. The zero-order valence-corrected chi connectivity index (χ0v) is 11.8. The number of aromatic nitrogens is 3. The van der Waals surface area contributed by atoms with Crippen molar-refractivity contribution in [1.29, 1.82) is 0 Å². The number of nitrogens with zero attached hydrogens (tertiary/aromatic N) is 3. The Balaban J connectivity index is 2.19. The maximum atomic E-state index is 6.12. The maximum absolute atomic E-state index is 6.12. The van der Waals surface area contributed by atoms with Gasteiger partial charge in [0, 0.05) is 30.4 Å². The first-order valence-electron chi connectivity index (χ1n) is 6.37. The van der Waals surface area contributed by atoms with Gasteiger partial charge in [-0.1, -0.05) is 25.9 Å². The highest BCUT2D eigenvalue weighted by atomic mass is 16.5. The second-order valence-electron chi connectivity index (χ2n) is 5.88. The monoisotopic (exact) mass is 260 g/mol. The molecule has 2 heterocycles. The van der Waals surface area contributed by atoms with Gasteiger partial charge in [-0.25, -0.2) is 0 Å². The highest BCUT2D eigenvalue weighted by Gasteiger charge is 2.23. The van der Waals surface area contributed by atoms with Gasteiger partial charge in [0.1, 0.15) is 0 Å². The molecule has 1 unspecified atom stereocenters. The van der Waals surface area contributed by atoms with E-state index in [1.54, 1.807) is 12.4 Å². The van der Waals surface area contributed by atoms with Gasteiger partial charge in [-0.15, -0.1) is 0 Å². The van der Waals surface area contributed by atoms with Gasteiger partial charge in [-0.3, -0.25) is 4.98 Å². The quantitative estimate of drug-likeness (QED) is 0.916. The predicted molar refractivity (Wildman–Crippen MR) is 73.4 cm³/mol. The second kappa shape index (κ2) is 5.09. The van der Waals surface area contributed by atoms with Crippen LogP contribution in [0.2, 0.25) is 0 Å². The van der Waals surface area contributed by atoms with E-state index in [1.165, 1.54) is 0 Å². The Morgan fingerprint density at radius 2 is 2.11 bits per heavy atom. The number of aryl methyl sites for hydroxylation is 1. The molecule has 2 aromatic heterocycles. The number of rotatable bonds is 3. The molecule has 0 fully saturated rings. The fourth-order valence-corrected chi connectivity index (χ4v) is 1.64. The van der Waals surface area contributed by atoms with Crippen LogP contribution >= 0.6 is 0 Å². The summed E-state index contributed by atoms with van der Waals surface area (Å²) >= 11 is 0. The lowest BCUT2D eigenvalue weighted by Gasteiger charge is -2.25. The summed E-state index contributed by atoms with van der Waals surface area (Å²) in [4.78, 5) is 8.48. The topological polar surface area (TPSA) is 77.8 Å². The van der Waals surface area contributed by atoms with Crippen LogP contribution in [0.3, 0.4) is 0 Å². The van der Waals surface area contributed by atoms with Crippen molar-refractivity contribution >= 4 is 0 Å². The highest BCUT2D eigenvalue weighted by molar-refractivity contribution is 5.57. The van der Waals surface area contributed by atoms with Gasteiger partial charge in [-0.05, 0) is 24.0 Å². The average molecular weight is 260 g/mol. The zero-order chi connectivity index (χ0) is 14.0. The molecule has 0 amide bonds. The van der Waals surface area contributed by atoms with E-state index in [4.69, 9.17) is 10.3 Å². The molecule has 1 atom stereocenters. The molecule has 0 spiro atoms. The molecular weight excluding hydrogens is 240 g/mol. The molecule has 0 radical (unpaired) electrons. The van der Waals surface area contributed by atoms with E-state index in [-0.39, 0.29) is 11.5 Å². The molecule has 0 saturated heterocycles. The van der Waals surface area contributed by atoms with E-state index in [0.717, 1.165) is 11.1 Å². The van der Waals surface area contributed by atoms with Crippen molar-refractivity contribution in [2.24, 2.45) is 11.1 Å². The van der Waals surface area contributed by atoms with Crippen LogP contribution < -0.4 is 5.73 Å². The first-order chi connectivity index (χ1) is 8.88. The number of nitrogens with two attached hydrogens (primary N) is 1. The number of hydrogen-bond donors (Lipinski definition) is 1. The Kier molecular flexibility index (Phi) is 3.66. The van der Waals surface area contributed by atoms with Gasteiger partial charge in [0.25, 0.3) is 0 Å². The van der Waals surface area contributed by atoms with Crippen LogP contribution in [0.1, 0.15) is 32.2 Å². The summed E-state index contributed by atoms with van der Waals surface area (Å²) in [5.74, 6) is 1.14. The molecule has 0 bridgehead atoms. The van der Waals surface area contributed by atoms with Crippen molar-refractivity contribution in [2.45, 2.75) is 40.2 Å². The van der Waals surface area contributed by atoms with Gasteiger partial charge in [0.15, 0.2) is 0 Å². The third kappa shape index (κ3) is 3.17. The lowest BCUT2D eigenvalue weighted by atomic mass is 9.85. The summed E-state index contributed by atoms with van der Waals surface area (Å²) in [6.45, 7) is 8.29. The van der Waals surface area contributed by atoms with Crippen molar-refractivity contribution in [1.82, 2.24) is 15.1 Å². The molecule has 0 aromatic carbocycles. The SMILES string of the molecule is Cc1ccncc1-c1noc(CC(N)C(C)(C)C)n1. The lowest BCUT2D eigenvalue weighted by Crippen LogP contribution is -2.36. The van der Waals surface area contributed by atoms with Crippen LogP contribution in [0.15, 0.2) is 23.0 Å². The zero-order valence-electron chi connectivity index (χ0n) is 11.8. The summed E-state index contributed by atoms with van der Waals surface area (Å²) < 4.78 is 5.27. The first-order valence-corrected chi connectivity index (χ1v) is 6.37. The Morgan fingerprint density at radius 1 is 1.37 bits per heavy atom. The van der Waals surface area contributed by atoms with Crippen molar-refractivity contribution in [3.8, 4) is 11.4 Å². The molecule has 0 aliphatic heterocycles. The van der Waals surface area contributed by atoms with E-state index in [1.807, 2.05) is 13.0 Å². The van der Waals surface area contributed by atoms with Gasteiger partial charge in [0.2, 0.25) is 11.7 Å². The van der Waals surface area contributed by atoms with Crippen LogP contribution in [0.5, 0.6) is 0 Å². The van der Waals surface area contributed by atoms with Crippen molar-refractivity contribution in [2.75, 3.05) is 0 Å². The minimum absolute atomic E-state index is 0.0128. The molecule has 5 nitrogen and oxygen atoms in total. The summed E-state index contributed by atoms with van der Waals surface area (Å²) in [6, 6.07) is 1.91. The molecule has 0 saturated carbocycles. The molecule has 0 aliphatic rings. The highest BCUT2D eigenvalue weighted by Crippen LogP contribution is 2.22. The predicted octanol–water partition coefficient (Wildman–Crippen LogP) is 2.36. The number of hydrogen-bond acceptors (Lipinski definition) is 5. The van der Waals surface area contributed by atoms with E-state index in [2.05, 4.69) is 35.9 Å². The van der Waals surface area contributed by atoms with Crippen molar-refractivity contribution in [3.63, 3.8) is 0 Å². The standard InChI is InChI=1S/C14H20N4O/c1-9-5-6-16-8-10(9)13-17-12(19-18-13)7-11(15)14(2,3)4/h5-6,8,11H,7,15H2,1-4H3. The van der Waals surface area contributed by atoms with E-state index in [9.17, 15) is 0 Å². The Hall–Kier alpha value is -1.75. The van der Waals surface area contributed by atoms with Crippen LogP contribution in [-0.4, -0.2) is 21.2 Å². The van der Waals surface area contributed by atoms with Crippen molar-refractivity contribution < 1.29 is 4.52 Å². The Labute approximate surface area is 113 Å². The molecular formula is C14H20N4O. The summed E-state index contributed by atoms with van der Waals surface area (Å²) in [5, 5.41) is 4.00. The Morgan fingerprint density at radius 3 is 2.74 bits per heavy atom. The first kappa shape index (κ1) is 13.7. The Bertz CT molecular complexity index is 557. The fourth-order valence-electron chi connectivity index (χ4n) is 1.64. The van der Waals surface area contributed by atoms with Gasteiger partial charge in [0.05, 0.1) is 0 Å². The normalized spacial score (nSPS) is 13.5. The minimum atomic E-state index is -0.0178. The van der Waals surface area contributed by atoms with E-state index >= 15 is 0 Å². The van der Waals surface area contributed by atoms with E-state index < -0.39 is 0 Å². The smallest absolute Gasteiger partial charge is 0.228 e. The van der Waals surface area contributed by atoms with Crippen LogP contribution in [0.4, 0.5) is 0 Å². The van der Waals surface area contributed by atoms with Crippen molar-refractivity contribution in [3.05, 3.63) is 29.9 Å². The molecule has 5 heteroatoms. The number of pyridine rings is 1. The maximum Gasteiger partial charge on any atom is 0.228 e. The molecule has 102 valence electrons. The summed E-state index contributed by atoms with van der Waals surface area (Å²) in [7, 11) is 0. The fraction of sp³-hybridized carbons (Fsp3) is 0.500. The third-order valence-corrected chi connectivity index (χ3v) is 3.25. The largest absolute Gasteiger partial charge is 0.339 e. The molecule has 2 N–H and O–H groups in total. The average Bonchev–Trinajstić information content (AvgIpc) is 2.76. The molecule has 2 rings (SSSR count). The molecule has 19 heavy (non-hydrogen) atoms. The van der Waals surface area contributed by atoms with Gasteiger partial charge >= 0.3 is 0 Å². The van der Waals surface area contributed by atoms with Crippen LogP contribution in [-0.2, 0) is 6.42 Å².